The highest BCUT2D eigenvalue weighted by atomic mass is 19.4. The summed E-state index contributed by atoms with van der Waals surface area (Å²) in [6, 6.07) is 5.66. The van der Waals surface area contributed by atoms with Gasteiger partial charge in [0, 0.05) is 11.6 Å². The average molecular weight is 483 g/mol. The van der Waals surface area contributed by atoms with E-state index < -0.39 is 30.4 Å². The molecule has 0 fully saturated rings. The van der Waals surface area contributed by atoms with Crippen molar-refractivity contribution >= 4 is 0 Å². The van der Waals surface area contributed by atoms with Crippen LogP contribution >= 0.6 is 0 Å². The van der Waals surface area contributed by atoms with Crippen molar-refractivity contribution in [3.63, 3.8) is 0 Å². The van der Waals surface area contributed by atoms with Gasteiger partial charge in [-0.05, 0) is 43.9 Å². The zero-order valence-corrected chi connectivity index (χ0v) is 17.6. The summed E-state index contributed by atoms with van der Waals surface area (Å²) >= 11 is 0. The molecule has 12 heteroatoms. The molecule has 3 aromatic rings. The Bertz CT molecular complexity index is 1240. The molecule has 0 saturated carbocycles. The van der Waals surface area contributed by atoms with Gasteiger partial charge in [0.05, 0.1) is 29.9 Å². The molecular formula is C22H18F5N3O4. The largest absolute Gasteiger partial charge is 0.586 e. The first-order valence-corrected chi connectivity index (χ1v) is 10.4. The van der Waals surface area contributed by atoms with Crippen LogP contribution in [0.3, 0.4) is 0 Å². The molecule has 3 heterocycles. The van der Waals surface area contributed by atoms with Crippen molar-refractivity contribution in [2.24, 2.45) is 0 Å². The molecule has 0 saturated heterocycles. The molecule has 0 spiro atoms. The van der Waals surface area contributed by atoms with Crippen molar-refractivity contribution in [2.45, 2.75) is 50.9 Å². The van der Waals surface area contributed by atoms with Gasteiger partial charge < -0.3 is 19.3 Å². The predicted molar refractivity (Wildman–Crippen MR) is 106 cm³/mol. The van der Waals surface area contributed by atoms with Gasteiger partial charge in [-0.1, -0.05) is 6.07 Å². The van der Waals surface area contributed by atoms with Crippen molar-refractivity contribution in [3.8, 4) is 22.9 Å². The maximum atomic E-state index is 13.5. The number of rotatable bonds is 4. The fourth-order valence-corrected chi connectivity index (χ4v) is 4.16. The van der Waals surface area contributed by atoms with Crippen molar-refractivity contribution in [2.75, 3.05) is 0 Å². The van der Waals surface area contributed by atoms with Crippen LogP contribution < -0.4 is 14.2 Å². The Morgan fingerprint density at radius 2 is 1.94 bits per heavy atom. The van der Waals surface area contributed by atoms with E-state index in [4.69, 9.17) is 4.74 Å². The minimum atomic E-state index is -4.67. The Balaban J connectivity index is 1.44. The molecule has 0 amide bonds. The highest BCUT2D eigenvalue weighted by Gasteiger charge is 2.44. The SMILES string of the molecule is C[C@H](Oc1cncc(-n2nc(C(F)(F)F)c3c2[C@H](O)CCC3)c1)c1ccc2c(c1)OC(F)(F)O2. The number of pyridine rings is 1. The van der Waals surface area contributed by atoms with Gasteiger partial charge in [-0.15, -0.1) is 8.78 Å². The number of aromatic nitrogens is 3. The fraction of sp³-hybridized carbons (Fsp3) is 0.364. The number of aliphatic hydroxyl groups excluding tert-OH is 1. The number of hydrogen-bond acceptors (Lipinski definition) is 6. The third-order valence-corrected chi connectivity index (χ3v) is 5.66. The van der Waals surface area contributed by atoms with Crippen LogP contribution in [0.5, 0.6) is 17.2 Å². The molecule has 1 aliphatic heterocycles. The van der Waals surface area contributed by atoms with Gasteiger partial charge in [-0.3, -0.25) is 4.98 Å². The zero-order valence-electron chi connectivity index (χ0n) is 17.6. The normalized spacial score (nSPS) is 19.6. The number of ether oxygens (including phenoxy) is 3. The summed E-state index contributed by atoms with van der Waals surface area (Å²) in [5.74, 6) is -0.0372. The van der Waals surface area contributed by atoms with E-state index in [-0.39, 0.29) is 40.6 Å². The van der Waals surface area contributed by atoms with E-state index in [9.17, 15) is 27.1 Å². The first-order valence-electron chi connectivity index (χ1n) is 10.4. The number of alkyl halides is 5. The van der Waals surface area contributed by atoms with Crippen LogP contribution in [0.2, 0.25) is 0 Å². The third-order valence-electron chi connectivity index (χ3n) is 5.66. The number of nitrogens with zero attached hydrogens (tertiary/aromatic N) is 3. The molecule has 1 N–H and O–H groups in total. The summed E-state index contributed by atoms with van der Waals surface area (Å²) < 4.78 is 82.9. The summed E-state index contributed by atoms with van der Waals surface area (Å²) in [5.41, 5.74) is -0.289. The molecule has 1 aromatic carbocycles. The minimum Gasteiger partial charge on any atom is -0.484 e. The maximum absolute atomic E-state index is 13.5. The van der Waals surface area contributed by atoms with Crippen LogP contribution in [0, 0.1) is 0 Å². The first-order chi connectivity index (χ1) is 16.0. The Morgan fingerprint density at radius 1 is 1.18 bits per heavy atom. The number of fused-ring (bicyclic) bond motifs is 2. The lowest BCUT2D eigenvalue weighted by Gasteiger charge is -2.20. The van der Waals surface area contributed by atoms with Crippen molar-refractivity contribution in [1.82, 2.24) is 14.8 Å². The second-order valence-electron chi connectivity index (χ2n) is 8.04. The monoisotopic (exact) mass is 483 g/mol. The minimum absolute atomic E-state index is 0.0249. The quantitative estimate of drug-likeness (QED) is 0.520. The van der Waals surface area contributed by atoms with Crippen molar-refractivity contribution in [1.29, 1.82) is 0 Å². The highest BCUT2D eigenvalue weighted by Crippen LogP contribution is 2.43. The van der Waals surface area contributed by atoms with E-state index >= 15 is 0 Å². The van der Waals surface area contributed by atoms with Crippen LogP contribution in [0.4, 0.5) is 22.0 Å². The number of benzene rings is 1. The van der Waals surface area contributed by atoms with Gasteiger partial charge in [-0.25, -0.2) is 4.68 Å². The van der Waals surface area contributed by atoms with E-state index in [1.54, 1.807) is 6.92 Å². The second-order valence-corrected chi connectivity index (χ2v) is 8.04. The molecule has 34 heavy (non-hydrogen) atoms. The molecule has 2 aromatic heterocycles. The Morgan fingerprint density at radius 3 is 2.71 bits per heavy atom. The summed E-state index contributed by atoms with van der Waals surface area (Å²) in [7, 11) is 0. The second kappa shape index (κ2) is 7.83. The summed E-state index contributed by atoms with van der Waals surface area (Å²) in [4.78, 5) is 4.04. The first kappa shape index (κ1) is 22.4. The lowest BCUT2D eigenvalue weighted by atomic mass is 9.93. The summed E-state index contributed by atoms with van der Waals surface area (Å²) in [6.07, 6.45) is -6.59. The predicted octanol–water partition coefficient (Wildman–Crippen LogP) is 5.12. The van der Waals surface area contributed by atoms with E-state index in [1.807, 2.05) is 0 Å². The molecule has 2 atom stereocenters. The van der Waals surface area contributed by atoms with Crippen LogP contribution in [0.1, 0.15) is 54.5 Å². The van der Waals surface area contributed by atoms with Crippen molar-refractivity contribution < 1.29 is 41.3 Å². The van der Waals surface area contributed by atoms with Gasteiger partial charge in [0.2, 0.25) is 0 Å². The highest BCUT2D eigenvalue weighted by molar-refractivity contribution is 5.46. The molecule has 0 unspecified atom stereocenters. The number of halogens is 5. The standard InChI is InChI=1S/C22H18F5N3O4/c1-11(12-5-6-17-18(7-12)34-22(26,27)33-17)32-14-8-13(9-28-10-14)30-19-15(3-2-4-16(19)31)20(29-30)21(23,24)25/h5-11,16,31H,2-4H2,1H3/t11-,16+/m0/s1. The number of aliphatic hydroxyl groups is 1. The van der Waals surface area contributed by atoms with Crippen LogP contribution in [0.15, 0.2) is 36.7 Å². The molecule has 5 rings (SSSR count). The van der Waals surface area contributed by atoms with Gasteiger partial charge in [0.1, 0.15) is 11.9 Å². The molecule has 7 nitrogen and oxygen atoms in total. The Labute approximate surface area is 189 Å². The van der Waals surface area contributed by atoms with Gasteiger partial charge in [0.15, 0.2) is 17.2 Å². The zero-order chi connectivity index (χ0) is 24.3. The summed E-state index contributed by atoms with van der Waals surface area (Å²) in [6.45, 7) is 1.66. The van der Waals surface area contributed by atoms with E-state index in [2.05, 4.69) is 19.6 Å². The van der Waals surface area contributed by atoms with Gasteiger partial charge in [-0.2, -0.15) is 18.3 Å². The summed E-state index contributed by atoms with van der Waals surface area (Å²) in [5, 5.41) is 14.2. The van der Waals surface area contributed by atoms with E-state index in [0.29, 0.717) is 18.4 Å². The molecule has 1 aliphatic carbocycles. The molecular weight excluding hydrogens is 465 g/mol. The smallest absolute Gasteiger partial charge is 0.484 e. The average Bonchev–Trinajstić information content (AvgIpc) is 3.30. The van der Waals surface area contributed by atoms with Gasteiger partial charge in [0.25, 0.3) is 0 Å². The van der Waals surface area contributed by atoms with E-state index in [0.717, 1.165) is 4.68 Å². The third kappa shape index (κ3) is 4.02. The topological polar surface area (TPSA) is 78.6 Å². The number of hydrogen-bond donors (Lipinski definition) is 1. The van der Waals surface area contributed by atoms with Crippen LogP contribution in [-0.4, -0.2) is 26.2 Å². The molecule has 2 aliphatic rings. The molecule has 180 valence electrons. The Hall–Kier alpha value is -3.41. The van der Waals surface area contributed by atoms with E-state index in [1.165, 1.54) is 36.7 Å². The van der Waals surface area contributed by atoms with Crippen LogP contribution in [0.25, 0.3) is 5.69 Å². The maximum Gasteiger partial charge on any atom is 0.586 e. The molecule has 0 radical (unpaired) electrons. The van der Waals surface area contributed by atoms with Crippen LogP contribution in [-0.2, 0) is 12.6 Å². The lowest BCUT2D eigenvalue weighted by Crippen LogP contribution is -2.25. The van der Waals surface area contributed by atoms with Crippen molar-refractivity contribution in [3.05, 3.63) is 59.2 Å². The Kier molecular flexibility index (Phi) is 5.15. The molecule has 0 bridgehead atoms. The fourth-order valence-electron chi connectivity index (χ4n) is 4.16. The van der Waals surface area contributed by atoms with Gasteiger partial charge >= 0.3 is 12.5 Å². The lowest BCUT2D eigenvalue weighted by molar-refractivity contribution is -0.286.